The van der Waals surface area contributed by atoms with Crippen molar-refractivity contribution in [1.29, 1.82) is 0 Å². The van der Waals surface area contributed by atoms with Crippen LogP contribution in [0.25, 0.3) is 0 Å². The summed E-state index contributed by atoms with van der Waals surface area (Å²) in [5.41, 5.74) is 1.45. The van der Waals surface area contributed by atoms with Crippen LogP contribution in [0, 0.1) is 10.1 Å². The Morgan fingerprint density at radius 3 is 2.14 bits per heavy atom. The van der Waals surface area contributed by atoms with Gasteiger partial charge in [0.1, 0.15) is 6.04 Å². The van der Waals surface area contributed by atoms with E-state index in [2.05, 4.69) is 0 Å². The summed E-state index contributed by atoms with van der Waals surface area (Å²) in [7, 11) is -4.29. The van der Waals surface area contributed by atoms with Gasteiger partial charge in [-0.15, -0.1) is 0 Å². The number of amides is 1. The number of aromatic carboxylic acids is 1. The molecule has 1 amide bonds. The van der Waals surface area contributed by atoms with E-state index in [0.29, 0.717) is 5.56 Å². The Morgan fingerprint density at radius 1 is 1.14 bits per heavy atom. The molecule has 0 unspecified atom stereocenters. The molecular weight excluding hydrogens is 406 g/mol. The zero-order chi connectivity index (χ0) is 21.8. The number of carbonyl (C=O) groups is 2. The predicted octanol–water partition coefficient (Wildman–Crippen LogP) is 1.38. The number of hydroxylamine groups is 1. The molecule has 12 heteroatoms. The highest BCUT2D eigenvalue weighted by Gasteiger charge is 2.33. The van der Waals surface area contributed by atoms with E-state index in [4.69, 9.17) is 10.3 Å². The normalized spacial score (nSPS) is 12.4. The lowest BCUT2D eigenvalue weighted by Crippen LogP contribution is -2.46. The maximum absolute atomic E-state index is 13.1. The van der Waals surface area contributed by atoms with Crippen molar-refractivity contribution in [2.45, 2.75) is 24.4 Å². The number of carboxylic acid groups (broad SMARTS) is 1. The number of non-ortho nitro benzene ring substituents is 1. The molecule has 0 aliphatic rings. The van der Waals surface area contributed by atoms with Crippen molar-refractivity contribution in [3.63, 3.8) is 0 Å². The van der Waals surface area contributed by atoms with Crippen molar-refractivity contribution in [3.8, 4) is 0 Å². The fraction of sp³-hybridized carbons (Fsp3) is 0.176. The Morgan fingerprint density at radius 2 is 1.69 bits per heavy atom. The molecule has 2 aromatic rings. The molecule has 29 heavy (non-hydrogen) atoms. The van der Waals surface area contributed by atoms with E-state index < -0.39 is 32.9 Å². The minimum atomic E-state index is -4.29. The first-order chi connectivity index (χ1) is 13.6. The zero-order valence-corrected chi connectivity index (χ0v) is 15.9. The Kier molecular flexibility index (Phi) is 6.64. The molecule has 0 aromatic heterocycles. The molecule has 1 atom stereocenters. The number of nitro groups is 1. The van der Waals surface area contributed by atoms with E-state index in [1.54, 1.807) is 0 Å². The topological polar surface area (TPSA) is 167 Å². The van der Waals surface area contributed by atoms with Crippen LogP contribution in [0.4, 0.5) is 5.69 Å². The molecule has 0 bridgehead atoms. The van der Waals surface area contributed by atoms with Crippen LogP contribution < -0.4 is 5.48 Å². The third-order valence-corrected chi connectivity index (χ3v) is 6.05. The number of hydrogen-bond donors (Lipinski definition) is 3. The lowest BCUT2D eigenvalue weighted by molar-refractivity contribution is -0.384. The molecular formula is C17H17N3O8S. The van der Waals surface area contributed by atoms with Gasteiger partial charge in [-0.25, -0.2) is 18.7 Å². The van der Waals surface area contributed by atoms with Crippen molar-refractivity contribution in [3.05, 3.63) is 69.8 Å². The minimum Gasteiger partial charge on any atom is -0.478 e. The van der Waals surface area contributed by atoms with Crippen LogP contribution in [-0.2, 0) is 21.4 Å². The molecule has 11 nitrogen and oxygen atoms in total. The van der Waals surface area contributed by atoms with Crippen molar-refractivity contribution in [1.82, 2.24) is 9.79 Å². The number of carbonyl (C=O) groups excluding carboxylic acids is 1. The van der Waals surface area contributed by atoms with Gasteiger partial charge < -0.3 is 5.11 Å². The van der Waals surface area contributed by atoms with Gasteiger partial charge in [-0.3, -0.25) is 20.1 Å². The van der Waals surface area contributed by atoms with Gasteiger partial charge in [-0.05, 0) is 36.8 Å². The number of nitrogens with one attached hydrogen (secondary N) is 1. The number of benzene rings is 2. The molecule has 2 aromatic carbocycles. The Labute approximate surface area is 165 Å². The number of carboxylic acids is 1. The van der Waals surface area contributed by atoms with Crippen molar-refractivity contribution in [2.75, 3.05) is 0 Å². The van der Waals surface area contributed by atoms with Crippen LogP contribution in [0.15, 0.2) is 53.4 Å². The lowest BCUT2D eigenvalue weighted by atomic mass is 10.2. The maximum atomic E-state index is 13.1. The van der Waals surface area contributed by atoms with Crippen LogP contribution in [0.5, 0.6) is 0 Å². The third kappa shape index (κ3) is 4.93. The minimum absolute atomic E-state index is 0.119. The van der Waals surface area contributed by atoms with E-state index in [1.807, 2.05) is 0 Å². The first-order valence-electron chi connectivity index (χ1n) is 8.10. The van der Waals surface area contributed by atoms with E-state index in [0.717, 1.165) is 28.6 Å². The molecule has 0 aliphatic heterocycles. The van der Waals surface area contributed by atoms with E-state index in [1.165, 1.54) is 36.7 Å². The molecule has 0 aliphatic carbocycles. The number of hydrogen-bond acceptors (Lipinski definition) is 7. The second-order valence-corrected chi connectivity index (χ2v) is 7.85. The van der Waals surface area contributed by atoms with Gasteiger partial charge in [0.2, 0.25) is 10.0 Å². The van der Waals surface area contributed by atoms with Gasteiger partial charge in [-0.2, -0.15) is 4.31 Å². The number of nitro benzene ring substituents is 1. The Hall–Kier alpha value is -3.35. The smallest absolute Gasteiger partial charge is 0.335 e. The number of nitrogens with zero attached hydrogens (tertiary/aromatic N) is 2. The molecule has 3 N–H and O–H groups in total. The highest BCUT2D eigenvalue weighted by atomic mass is 32.2. The van der Waals surface area contributed by atoms with Crippen LogP contribution in [0.3, 0.4) is 0 Å². The average molecular weight is 423 g/mol. The Balaban J connectivity index is 2.44. The highest BCUT2D eigenvalue weighted by molar-refractivity contribution is 7.89. The first kappa shape index (κ1) is 21.9. The molecule has 0 fully saturated rings. The van der Waals surface area contributed by atoms with Gasteiger partial charge in [0.05, 0.1) is 15.4 Å². The molecule has 0 saturated heterocycles. The van der Waals surface area contributed by atoms with Crippen LogP contribution in [0.1, 0.15) is 22.8 Å². The summed E-state index contributed by atoms with van der Waals surface area (Å²) in [6, 6.07) is 8.13. The summed E-state index contributed by atoms with van der Waals surface area (Å²) in [5.74, 6) is -2.22. The van der Waals surface area contributed by atoms with E-state index in [9.17, 15) is 28.1 Å². The third-order valence-electron chi connectivity index (χ3n) is 4.12. The summed E-state index contributed by atoms with van der Waals surface area (Å²) >= 11 is 0. The quantitative estimate of drug-likeness (QED) is 0.325. The summed E-state index contributed by atoms with van der Waals surface area (Å²) in [4.78, 5) is 32.7. The van der Waals surface area contributed by atoms with Gasteiger partial charge in [-0.1, -0.05) is 12.1 Å². The summed E-state index contributed by atoms with van der Waals surface area (Å²) in [6.45, 7) is 0.926. The second kappa shape index (κ2) is 8.77. The fourth-order valence-corrected chi connectivity index (χ4v) is 4.04. The highest BCUT2D eigenvalue weighted by Crippen LogP contribution is 2.23. The molecule has 0 heterocycles. The summed E-state index contributed by atoms with van der Waals surface area (Å²) in [6.07, 6.45) is 0. The monoisotopic (exact) mass is 423 g/mol. The largest absolute Gasteiger partial charge is 0.478 e. The zero-order valence-electron chi connectivity index (χ0n) is 15.0. The van der Waals surface area contributed by atoms with Crippen molar-refractivity contribution < 1.29 is 33.2 Å². The van der Waals surface area contributed by atoms with Crippen LogP contribution >= 0.6 is 0 Å². The van der Waals surface area contributed by atoms with Crippen molar-refractivity contribution >= 4 is 27.6 Å². The maximum Gasteiger partial charge on any atom is 0.335 e. The predicted molar refractivity (Wildman–Crippen MR) is 98.6 cm³/mol. The van der Waals surface area contributed by atoms with Crippen LogP contribution in [0.2, 0.25) is 0 Å². The lowest BCUT2D eigenvalue weighted by Gasteiger charge is -2.27. The average Bonchev–Trinajstić information content (AvgIpc) is 2.71. The molecule has 154 valence electrons. The van der Waals surface area contributed by atoms with Gasteiger partial charge in [0.15, 0.2) is 0 Å². The fourth-order valence-electron chi connectivity index (χ4n) is 2.46. The van der Waals surface area contributed by atoms with E-state index in [-0.39, 0.29) is 22.7 Å². The van der Waals surface area contributed by atoms with Gasteiger partial charge in [0.25, 0.3) is 11.6 Å². The first-order valence-corrected chi connectivity index (χ1v) is 9.54. The van der Waals surface area contributed by atoms with Crippen LogP contribution in [-0.4, -0.2) is 45.9 Å². The molecule has 0 saturated carbocycles. The van der Waals surface area contributed by atoms with Gasteiger partial charge in [0, 0.05) is 18.7 Å². The standard InChI is InChI=1S/C17H17N3O8S/c1-11(16(21)18-24)19(10-12-2-6-14(7-3-12)20(25)26)29(27,28)15-8-4-13(5-9-15)17(22)23/h2-9,11,24H,10H2,1H3,(H,18,21)(H,22,23)/t11-/m0/s1. The molecule has 2 rings (SSSR count). The van der Waals surface area contributed by atoms with Gasteiger partial charge >= 0.3 is 5.97 Å². The molecule has 0 radical (unpaired) electrons. The molecule has 0 spiro atoms. The summed E-state index contributed by atoms with van der Waals surface area (Å²) in [5, 5.41) is 28.6. The number of rotatable bonds is 8. The SMILES string of the molecule is C[C@@H](C(=O)NO)N(Cc1ccc([N+](=O)[O-])cc1)S(=O)(=O)c1ccc(C(=O)O)cc1. The van der Waals surface area contributed by atoms with Crippen molar-refractivity contribution in [2.24, 2.45) is 0 Å². The van der Waals surface area contributed by atoms with E-state index >= 15 is 0 Å². The number of sulfonamides is 1. The second-order valence-electron chi connectivity index (χ2n) is 5.96. The Bertz CT molecular complexity index is 1020. The summed E-state index contributed by atoms with van der Waals surface area (Å²) < 4.78 is 26.9.